The van der Waals surface area contributed by atoms with Gasteiger partial charge in [-0.25, -0.2) is 4.98 Å². The van der Waals surface area contributed by atoms with Crippen LogP contribution in [0.1, 0.15) is 0 Å². The molecular weight excluding hydrogens is 238 g/mol. The number of ether oxygens (including phenoxy) is 1. The number of nitrogens with two attached hydrogens (primary N) is 2. The van der Waals surface area contributed by atoms with Crippen molar-refractivity contribution in [2.75, 3.05) is 12.3 Å². The SMILES string of the molecule is NC(=O)COc1cccc(-c2csc(N)n2)c1. The summed E-state index contributed by atoms with van der Waals surface area (Å²) in [6.07, 6.45) is 0. The highest BCUT2D eigenvalue weighted by Crippen LogP contribution is 2.26. The molecule has 0 saturated heterocycles. The van der Waals surface area contributed by atoms with Crippen molar-refractivity contribution in [3.8, 4) is 17.0 Å². The summed E-state index contributed by atoms with van der Waals surface area (Å²) < 4.78 is 5.21. The molecule has 0 aliphatic rings. The number of hydrogen-bond donors (Lipinski definition) is 2. The average molecular weight is 249 g/mol. The van der Waals surface area contributed by atoms with Gasteiger partial charge in [-0.3, -0.25) is 4.79 Å². The molecule has 6 heteroatoms. The van der Waals surface area contributed by atoms with E-state index in [9.17, 15) is 4.79 Å². The first-order chi connectivity index (χ1) is 8.15. The quantitative estimate of drug-likeness (QED) is 0.853. The smallest absolute Gasteiger partial charge is 0.255 e. The fourth-order valence-corrected chi connectivity index (χ4v) is 1.89. The summed E-state index contributed by atoms with van der Waals surface area (Å²) in [5, 5.41) is 2.38. The fraction of sp³-hybridized carbons (Fsp3) is 0.0909. The number of nitrogen functional groups attached to an aromatic ring is 1. The van der Waals surface area contributed by atoms with Crippen molar-refractivity contribution in [1.82, 2.24) is 4.98 Å². The summed E-state index contributed by atoms with van der Waals surface area (Å²) in [6.45, 7) is -0.136. The lowest BCUT2D eigenvalue weighted by Crippen LogP contribution is -2.19. The van der Waals surface area contributed by atoms with Gasteiger partial charge in [-0.1, -0.05) is 12.1 Å². The van der Waals surface area contributed by atoms with Gasteiger partial charge in [0.15, 0.2) is 11.7 Å². The molecule has 4 N–H and O–H groups in total. The Labute approximate surface area is 102 Å². The van der Waals surface area contributed by atoms with E-state index in [0.29, 0.717) is 10.9 Å². The van der Waals surface area contributed by atoms with Crippen molar-refractivity contribution in [1.29, 1.82) is 0 Å². The first-order valence-electron chi connectivity index (χ1n) is 4.87. The minimum atomic E-state index is -0.506. The van der Waals surface area contributed by atoms with Gasteiger partial charge in [0.1, 0.15) is 5.75 Å². The second-order valence-corrected chi connectivity index (χ2v) is 4.24. The molecule has 5 nitrogen and oxygen atoms in total. The number of anilines is 1. The highest BCUT2D eigenvalue weighted by Gasteiger charge is 2.04. The van der Waals surface area contributed by atoms with E-state index in [0.717, 1.165) is 11.3 Å². The van der Waals surface area contributed by atoms with E-state index in [1.165, 1.54) is 11.3 Å². The average Bonchev–Trinajstić information content (AvgIpc) is 2.74. The number of aromatic nitrogens is 1. The Morgan fingerprint density at radius 1 is 1.47 bits per heavy atom. The molecule has 0 unspecified atom stereocenters. The molecule has 88 valence electrons. The summed E-state index contributed by atoms with van der Waals surface area (Å²) in [6, 6.07) is 7.26. The van der Waals surface area contributed by atoms with Crippen molar-refractivity contribution in [2.45, 2.75) is 0 Å². The maximum atomic E-state index is 10.6. The second kappa shape index (κ2) is 4.84. The summed E-state index contributed by atoms with van der Waals surface area (Å²) in [4.78, 5) is 14.8. The molecule has 0 atom stereocenters. The molecule has 0 radical (unpaired) electrons. The number of hydrogen-bond acceptors (Lipinski definition) is 5. The normalized spacial score (nSPS) is 10.1. The van der Waals surface area contributed by atoms with Crippen LogP contribution in [0.25, 0.3) is 11.3 Å². The minimum absolute atomic E-state index is 0.136. The lowest BCUT2D eigenvalue weighted by molar-refractivity contribution is -0.119. The Hall–Kier alpha value is -2.08. The molecule has 2 aromatic rings. The standard InChI is InChI=1S/C11H11N3O2S/c12-10(15)5-16-8-3-1-2-7(4-8)9-6-17-11(13)14-9/h1-4,6H,5H2,(H2,12,15)(H2,13,14). The zero-order valence-corrected chi connectivity index (χ0v) is 9.74. The van der Waals surface area contributed by atoms with Crippen LogP contribution in [0.5, 0.6) is 5.75 Å². The van der Waals surface area contributed by atoms with Crippen molar-refractivity contribution in [3.63, 3.8) is 0 Å². The highest BCUT2D eigenvalue weighted by atomic mass is 32.1. The van der Waals surface area contributed by atoms with E-state index < -0.39 is 5.91 Å². The second-order valence-electron chi connectivity index (χ2n) is 3.35. The Morgan fingerprint density at radius 2 is 2.29 bits per heavy atom. The van der Waals surface area contributed by atoms with E-state index in [2.05, 4.69) is 4.98 Å². The topological polar surface area (TPSA) is 91.2 Å². The van der Waals surface area contributed by atoms with Crippen molar-refractivity contribution in [2.24, 2.45) is 5.73 Å². The van der Waals surface area contributed by atoms with Crippen LogP contribution in [-0.4, -0.2) is 17.5 Å². The first-order valence-corrected chi connectivity index (χ1v) is 5.75. The monoisotopic (exact) mass is 249 g/mol. The van der Waals surface area contributed by atoms with Gasteiger partial charge in [-0.15, -0.1) is 11.3 Å². The third kappa shape index (κ3) is 2.94. The molecule has 1 aromatic heterocycles. The molecule has 0 bridgehead atoms. The van der Waals surface area contributed by atoms with Gasteiger partial charge in [0, 0.05) is 10.9 Å². The number of thiazole rings is 1. The predicted molar refractivity (Wildman–Crippen MR) is 66.7 cm³/mol. The van der Waals surface area contributed by atoms with Gasteiger partial charge in [-0.05, 0) is 12.1 Å². The first kappa shape index (κ1) is 11.4. The Morgan fingerprint density at radius 3 is 2.94 bits per heavy atom. The number of amides is 1. The lowest BCUT2D eigenvalue weighted by Gasteiger charge is -2.04. The number of carbonyl (C=O) groups excluding carboxylic acids is 1. The van der Waals surface area contributed by atoms with Crippen molar-refractivity contribution < 1.29 is 9.53 Å². The number of benzene rings is 1. The Kier molecular flexibility index (Phi) is 3.24. The van der Waals surface area contributed by atoms with Crippen molar-refractivity contribution in [3.05, 3.63) is 29.6 Å². The zero-order valence-electron chi connectivity index (χ0n) is 8.92. The molecule has 0 aliphatic heterocycles. The molecule has 0 spiro atoms. The molecule has 17 heavy (non-hydrogen) atoms. The van der Waals surface area contributed by atoms with E-state index in [1.54, 1.807) is 12.1 Å². The maximum Gasteiger partial charge on any atom is 0.255 e. The third-order valence-electron chi connectivity index (χ3n) is 2.03. The summed E-state index contributed by atoms with van der Waals surface area (Å²) >= 11 is 1.38. The number of rotatable bonds is 4. The number of carbonyl (C=O) groups is 1. The van der Waals surface area contributed by atoms with Crippen LogP contribution in [-0.2, 0) is 4.79 Å². The van der Waals surface area contributed by atoms with Crippen LogP contribution in [0, 0.1) is 0 Å². The Balaban J connectivity index is 2.19. The molecule has 0 saturated carbocycles. The van der Waals surface area contributed by atoms with E-state index in [4.69, 9.17) is 16.2 Å². The maximum absolute atomic E-state index is 10.6. The van der Waals surface area contributed by atoms with Crippen LogP contribution in [0.2, 0.25) is 0 Å². The van der Waals surface area contributed by atoms with Gasteiger partial charge in [0.25, 0.3) is 5.91 Å². The van der Waals surface area contributed by atoms with Crippen LogP contribution in [0.15, 0.2) is 29.6 Å². The van der Waals surface area contributed by atoms with Crippen LogP contribution in [0.4, 0.5) is 5.13 Å². The third-order valence-corrected chi connectivity index (χ3v) is 2.71. The van der Waals surface area contributed by atoms with Gasteiger partial charge in [0.05, 0.1) is 5.69 Å². The predicted octanol–water partition coefficient (Wildman–Crippen LogP) is 1.26. The molecule has 1 amide bonds. The fourth-order valence-electron chi connectivity index (χ4n) is 1.32. The van der Waals surface area contributed by atoms with Gasteiger partial charge in [0.2, 0.25) is 0 Å². The molecule has 0 fully saturated rings. The van der Waals surface area contributed by atoms with Gasteiger partial charge < -0.3 is 16.2 Å². The summed E-state index contributed by atoms with van der Waals surface area (Å²) in [5.74, 6) is 0.0705. The summed E-state index contributed by atoms with van der Waals surface area (Å²) in [5.41, 5.74) is 12.2. The molecule has 0 aliphatic carbocycles. The molecular formula is C11H11N3O2S. The molecule has 2 rings (SSSR count). The van der Waals surface area contributed by atoms with Gasteiger partial charge in [-0.2, -0.15) is 0 Å². The largest absolute Gasteiger partial charge is 0.484 e. The highest BCUT2D eigenvalue weighted by molar-refractivity contribution is 7.13. The number of nitrogens with zero attached hydrogens (tertiary/aromatic N) is 1. The summed E-state index contributed by atoms with van der Waals surface area (Å²) in [7, 11) is 0. The lowest BCUT2D eigenvalue weighted by atomic mass is 10.2. The van der Waals surface area contributed by atoms with E-state index >= 15 is 0 Å². The van der Waals surface area contributed by atoms with E-state index in [-0.39, 0.29) is 6.61 Å². The minimum Gasteiger partial charge on any atom is -0.484 e. The molecule has 1 heterocycles. The van der Waals surface area contributed by atoms with Crippen LogP contribution in [0.3, 0.4) is 0 Å². The van der Waals surface area contributed by atoms with E-state index in [1.807, 2.05) is 17.5 Å². The van der Waals surface area contributed by atoms with Crippen LogP contribution >= 0.6 is 11.3 Å². The Bertz CT molecular complexity index is 539. The van der Waals surface area contributed by atoms with Crippen molar-refractivity contribution >= 4 is 22.4 Å². The zero-order chi connectivity index (χ0) is 12.3. The number of primary amides is 1. The van der Waals surface area contributed by atoms with Gasteiger partial charge >= 0.3 is 0 Å². The van der Waals surface area contributed by atoms with Crippen LogP contribution < -0.4 is 16.2 Å². The molecule has 1 aromatic carbocycles.